The molecule has 0 unspecified atom stereocenters. The van der Waals surface area contributed by atoms with Crippen molar-refractivity contribution in [3.8, 4) is 0 Å². The van der Waals surface area contributed by atoms with Crippen molar-refractivity contribution in [1.82, 2.24) is 0 Å². The third kappa shape index (κ3) is 32.5. The summed E-state index contributed by atoms with van der Waals surface area (Å²) in [5.41, 5.74) is 0. The maximum Gasteiger partial charge on any atom is 0.306 e. The highest BCUT2D eigenvalue weighted by atomic mass is 28.4. The van der Waals surface area contributed by atoms with Gasteiger partial charge in [-0.3, -0.25) is 9.59 Å². The van der Waals surface area contributed by atoms with Gasteiger partial charge in [0.05, 0.1) is 6.61 Å². The number of carbonyl (C=O) groups is 2. The van der Waals surface area contributed by atoms with E-state index < -0.39 is 14.4 Å². The first-order valence-corrected chi connectivity index (χ1v) is 24.0. The van der Waals surface area contributed by atoms with Crippen molar-refractivity contribution in [3.05, 3.63) is 48.6 Å². The van der Waals surface area contributed by atoms with E-state index >= 15 is 0 Å². The van der Waals surface area contributed by atoms with Gasteiger partial charge in [-0.2, -0.15) is 0 Å². The van der Waals surface area contributed by atoms with E-state index in [-0.39, 0.29) is 30.2 Å². The SMILES string of the molecule is CCCCC/C=C\C/C=C\CCCCCCCC(=O)OC[C@H](CO[Si](C)(C)C(C)(C)C)OC(=O)CCCCCCC/C=C\C/C=C\CCCCC. The summed E-state index contributed by atoms with van der Waals surface area (Å²) in [6.45, 7) is 15.7. The van der Waals surface area contributed by atoms with Crippen LogP contribution in [0.3, 0.4) is 0 Å². The van der Waals surface area contributed by atoms with Crippen molar-refractivity contribution in [3.63, 3.8) is 0 Å². The van der Waals surface area contributed by atoms with Gasteiger partial charge in [-0.25, -0.2) is 0 Å². The number of hydrogen-bond donors (Lipinski definition) is 0. The summed E-state index contributed by atoms with van der Waals surface area (Å²) in [7, 11) is -2.04. The first-order valence-electron chi connectivity index (χ1n) is 21.1. The van der Waals surface area contributed by atoms with Gasteiger partial charge in [-0.1, -0.05) is 147 Å². The van der Waals surface area contributed by atoms with Gasteiger partial charge >= 0.3 is 11.9 Å². The Kier molecular flexibility index (Phi) is 32.6. The highest BCUT2D eigenvalue weighted by Gasteiger charge is 2.38. The minimum atomic E-state index is -2.04. The van der Waals surface area contributed by atoms with Crippen molar-refractivity contribution >= 4 is 20.3 Å². The maximum atomic E-state index is 12.8. The molecule has 0 amide bonds. The summed E-state index contributed by atoms with van der Waals surface area (Å²) in [4.78, 5) is 25.3. The fourth-order valence-electron chi connectivity index (χ4n) is 5.30. The molecule has 51 heavy (non-hydrogen) atoms. The molecule has 0 N–H and O–H groups in total. The van der Waals surface area contributed by atoms with Gasteiger partial charge in [-0.05, 0) is 95.2 Å². The van der Waals surface area contributed by atoms with Gasteiger partial charge < -0.3 is 13.9 Å². The Morgan fingerprint density at radius 2 is 0.922 bits per heavy atom. The smallest absolute Gasteiger partial charge is 0.306 e. The lowest BCUT2D eigenvalue weighted by molar-refractivity contribution is -0.161. The fourth-order valence-corrected chi connectivity index (χ4v) is 6.33. The monoisotopic (exact) mass is 731 g/mol. The Morgan fingerprint density at radius 1 is 0.529 bits per heavy atom. The Morgan fingerprint density at radius 3 is 1.35 bits per heavy atom. The van der Waals surface area contributed by atoms with E-state index in [4.69, 9.17) is 13.9 Å². The summed E-state index contributed by atoms with van der Waals surface area (Å²) in [5.74, 6) is -0.447. The average Bonchev–Trinajstić information content (AvgIpc) is 3.08. The fraction of sp³-hybridized carbons (Fsp3) is 0.778. The highest BCUT2D eigenvalue weighted by molar-refractivity contribution is 6.74. The lowest BCUT2D eigenvalue weighted by atomic mass is 10.1. The third-order valence-electron chi connectivity index (χ3n) is 9.83. The topological polar surface area (TPSA) is 61.8 Å². The van der Waals surface area contributed by atoms with E-state index in [1.807, 2.05) is 0 Å². The van der Waals surface area contributed by atoms with Crippen LogP contribution in [0.15, 0.2) is 48.6 Å². The third-order valence-corrected chi connectivity index (χ3v) is 14.3. The number of esters is 2. The molecule has 0 rings (SSSR count). The zero-order valence-electron chi connectivity index (χ0n) is 34.6. The lowest BCUT2D eigenvalue weighted by Crippen LogP contribution is -2.44. The molecule has 6 heteroatoms. The molecule has 0 aromatic rings. The van der Waals surface area contributed by atoms with Crippen molar-refractivity contribution in [2.45, 2.75) is 213 Å². The second-order valence-electron chi connectivity index (χ2n) is 15.8. The zero-order valence-corrected chi connectivity index (χ0v) is 35.6. The molecule has 1 atom stereocenters. The second-order valence-corrected chi connectivity index (χ2v) is 20.6. The quantitative estimate of drug-likeness (QED) is 0.0285. The molecule has 0 heterocycles. The predicted molar refractivity (Wildman–Crippen MR) is 223 cm³/mol. The average molecular weight is 731 g/mol. The molecule has 5 nitrogen and oxygen atoms in total. The summed E-state index contributed by atoms with van der Waals surface area (Å²) in [6.07, 6.45) is 43.7. The number of hydrogen-bond acceptors (Lipinski definition) is 5. The summed E-state index contributed by atoms with van der Waals surface area (Å²) in [6, 6.07) is 0. The van der Waals surface area contributed by atoms with E-state index in [0.29, 0.717) is 12.8 Å². The molecule has 0 aromatic heterocycles. The molecule has 0 saturated heterocycles. The van der Waals surface area contributed by atoms with Gasteiger partial charge in [0.2, 0.25) is 0 Å². The Hall–Kier alpha value is -1.92. The maximum absolute atomic E-state index is 12.8. The minimum absolute atomic E-state index is 0.0418. The molecule has 0 aliphatic rings. The largest absolute Gasteiger partial charge is 0.462 e. The predicted octanol–water partition coefficient (Wildman–Crippen LogP) is 14.1. The van der Waals surface area contributed by atoms with Crippen LogP contribution in [0.4, 0.5) is 0 Å². The lowest BCUT2D eigenvalue weighted by Gasteiger charge is -2.37. The van der Waals surface area contributed by atoms with Gasteiger partial charge in [0.1, 0.15) is 6.61 Å². The normalized spacial score (nSPS) is 13.3. The standard InChI is InChI=1S/C45H82O5Si/c1-8-10-12-14-16-18-20-22-24-26-28-30-32-34-36-38-43(46)48-40-42(41-49-51(6,7)45(3,4)5)50-44(47)39-37-35-33-31-29-27-25-23-21-19-17-15-13-11-9-2/h16-19,22-25,42H,8-15,20-21,26-41H2,1-7H3/b18-16-,19-17-,24-22-,25-23-/t42-/m1/s1. The summed E-state index contributed by atoms with van der Waals surface area (Å²) in [5, 5.41) is 0.0418. The molecular weight excluding hydrogens is 649 g/mol. The number of allylic oxidation sites excluding steroid dienone is 8. The van der Waals surface area contributed by atoms with Crippen LogP contribution in [0.25, 0.3) is 0 Å². The number of rotatable bonds is 34. The van der Waals surface area contributed by atoms with Crippen molar-refractivity contribution in [2.75, 3.05) is 13.2 Å². The summed E-state index contributed by atoms with van der Waals surface area (Å²) >= 11 is 0. The molecule has 0 aliphatic heterocycles. The molecular formula is C45H82O5Si. The number of carbonyl (C=O) groups excluding carboxylic acids is 2. The van der Waals surface area contributed by atoms with Crippen LogP contribution in [-0.4, -0.2) is 39.6 Å². The summed E-state index contributed by atoms with van der Waals surface area (Å²) < 4.78 is 17.8. The first kappa shape index (κ1) is 49.1. The zero-order chi connectivity index (χ0) is 37.9. The van der Waals surface area contributed by atoms with Gasteiger partial charge in [0, 0.05) is 12.8 Å². The molecule has 0 fully saturated rings. The first-order chi connectivity index (χ1) is 24.5. The van der Waals surface area contributed by atoms with Gasteiger partial charge in [-0.15, -0.1) is 0 Å². The van der Waals surface area contributed by atoms with Crippen LogP contribution in [0.5, 0.6) is 0 Å². The van der Waals surface area contributed by atoms with Gasteiger partial charge in [0.15, 0.2) is 14.4 Å². The molecule has 0 aliphatic carbocycles. The van der Waals surface area contributed by atoms with E-state index in [0.717, 1.165) is 64.2 Å². The van der Waals surface area contributed by atoms with E-state index in [1.165, 1.54) is 77.0 Å². The van der Waals surface area contributed by atoms with Crippen LogP contribution in [-0.2, 0) is 23.5 Å². The van der Waals surface area contributed by atoms with Crippen molar-refractivity contribution in [2.24, 2.45) is 0 Å². The molecule has 0 saturated carbocycles. The van der Waals surface area contributed by atoms with E-state index in [9.17, 15) is 9.59 Å². The van der Waals surface area contributed by atoms with Crippen molar-refractivity contribution < 1.29 is 23.5 Å². The van der Waals surface area contributed by atoms with Crippen LogP contribution in [0.1, 0.15) is 189 Å². The highest BCUT2D eigenvalue weighted by Crippen LogP contribution is 2.36. The van der Waals surface area contributed by atoms with Crippen molar-refractivity contribution in [1.29, 1.82) is 0 Å². The molecule has 0 radical (unpaired) electrons. The number of unbranched alkanes of at least 4 members (excludes halogenated alkanes) is 16. The molecule has 0 bridgehead atoms. The Bertz CT molecular complexity index is 943. The minimum Gasteiger partial charge on any atom is -0.462 e. The van der Waals surface area contributed by atoms with Crippen LogP contribution >= 0.6 is 0 Å². The second kappa shape index (κ2) is 33.9. The molecule has 296 valence electrons. The van der Waals surface area contributed by atoms with Crippen LogP contribution in [0.2, 0.25) is 18.1 Å². The Balaban J connectivity index is 4.29. The Labute approximate surface area is 317 Å². The van der Waals surface area contributed by atoms with E-state index in [1.54, 1.807) is 0 Å². The number of ether oxygens (including phenoxy) is 2. The van der Waals surface area contributed by atoms with Crippen LogP contribution in [0, 0.1) is 0 Å². The molecule has 0 aromatic carbocycles. The molecule has 0 spiro atoms. The van der Waals surface area contributed by atoms with Gasteiger partial charge in [0.25, 0.3) is 0 Å². The van der Waals surface area contributed by atoms with E-state index in [2.05, 4.69) is 96.3 Å². The van der Waals surface area contributed by atoms with Crippen LogP contribution < -0.4 is 0 Å².